The SMILES string of the molecule is CCc1ccc(NC(=O)C[C@@H]2C(=O)N(c3ccccc3)C(=O)N2Cc2cccs2)cc1. The van der Waals surface area contributed by atoms with Crippen LogP contribution in [0.2, 0.25) is 0 Å². The van der Waals surface area contributed by atoms with Crippen molar-refractivity contribution < 1.29 is 14.4 Å². The Bertz CT molecular complexity index is 1070. The predicted molar refractivity (Wildman–Crippen MR) is 122 cm³/mol. The van der Waals surface area contributed by atoms with Gasteiger partial charge in [-0.15, -0.1) is 11.3 Å². The van der Waals surface area contributed by atoms with Crippen molar-refractivity contribution in [1.29, 1.82) is 0 Å². The van der Waals surface area contributed by atoms with Crippen LogP contribution in [0.3, 0.4) is 0 Å². The summed E-state index contributed by atoms with van der Waals surface area (Å²) >= 11 is 1.51. The minimum Gasteiger partial charge on any atom is -0.326 e. The van der Waals surface area contributed by atoms with Gasteiger partial charge in [-0.1, -0.05) is 43.3 Å². The lowest BCUT2D eigenvalue weighted by molar-refractivity contribution is -0.124. The number of hydrogen-bond donors (Lipinski definition) is 1. The normalized spacial score (nSPS) is 16.1. The summed E-state index contributed by atoms with van der Waals surface area (Å²) < 4.78 is 0. The fourth-order valence-electron chi connectivity index (χ4n) is 3.61. The molecule has 1 fully saturated rings. The first-order valence-electron chi connectivity index (χ1n) is 10.2. The molecule has 1 aliphatic rings. The number of amides is 4. The smallest absolute Gasteiger partial charge is 0.326 e. The van der Waals surface area contributed by atoms with E-state index in [2.05, 4.69) is 12.2 Å². The summed E-state index contributed by atoms with van der Waals surface area (Å²) in [7, 11) is 0. The molecule has 1 N–H and O–H groups in total. The highest BCUT2D eigenvalue weighted by atomic mass is 32.1. The van der Waals surface area contributed by atoms with E-state index in [0.717, 1.165) is 11.3 Å². The summed E-state index contributed by atoms with van der Waals surface area (Å²) in [5.74, 6) is -0.689. The number of hydrogen-bond acceptors (Lipinski definition) is 4. The largest absolute Gasteiger partial charge is 0.332 e. The number of nitrogens with one attached hydrogen (secondary N) is 1. The molecule has 4 rings (SSSR count). The lowest BCUT2D eigenvalue weighted by Crippen LogP contribution is -2.37. The van der Waals surface area contributed by atoms with Crippen LogP contribution < -0.4 is 10.2 Å². The maximum absolute atomic E-state index is 13.2. The molecule has 1 aromatic heterocycles. The number of anilines is 2. The van der Waals surface area contributed by atoms with Crippen molar-refractivity contribution in [2.75, 3.05) is 10.2 Å². The van der Waals surface area contributed by atoms with Gasteiger partial charge in [-0.2, -0.15) is 0 Å². The summed E-state index contributed by atoms with van der Waals surface area (Å²) in [6.45, 7) is 2.35. The van der Waals surface area contributed by atoms with Crippen LogP contribution in [0.4, 0.5) is 16.2 Å². The minimum absolute atomic E-state index is 0.102. The van der Waals surface area contributed by atoms with E-state index in [1.54, 1.807) is 24.3 Å². The van der Waals surface area contributed by atoms with Crippen molar-refractivity contribution in [3.05, 3.63) is 82.6 Å². The van der Waals surface area contributed by atoms with Gasteiger partial charge in [-0.25, -0.2) is 9.69 Å². The third-order valence-corrected chi connectivity index (χ3v) is 6.13. The van der Waals surface area contributed by atoms with Gasteiger partial charge in [0.05, 0.1) is 18.7 Å². The second kappa shape index (κ2) is 9.14. The van der Waals surface area contributed by atoms with Crippen LogP contribution in [0.1, 0.15) is 23.8 Å². The highest BCUT2D eigenvalue weighted by Gasteiger charge is 2.46. The van der Waals surface area contributed by atoms with E-state index < -0.39 is 12.1 Å². The van der Waals surface area contributed by atoms with Gasteiger partial charge in [-0.05, 0) is 47.7 Å². The molecule has 1 aliphatic heterocycles. The van der Waals surface area contributed by atoms with Crippen LogP contribution in [-0.4, -0.2) is 28.8 Å². The van der Waals surface area contributed by atoms with Crippen molar-refractivity contribution >= 4 is 40.6 Å². The minimum atomic E-state index is -0.857. The topological polar surface area (TPSA) is 69.7 Å². The fraction of sp³-hybridized carbons (Fsp3) is 0.208. The molecule has 0 saturated carbocycles. The van der Waals surface area contributed by atoms with Gasteiger partial charge in [-0.3, -0.25) is 9.59 Å². The molecular weight excluding hydrogens is 410 g/mol. The molecule has 3 aromatic rings. The van der Waals surface area contributed by atoms with Gasteiger partial charge in [0.1, 0.15) is 6.04 Å². The van der Waals surface area contributed by atoms with Crippen molar-refractivity contribution in [3.8, 4) is 0 Å². The first-order valence-corrected chi connectivity index (χ1v) is 11.1. The lowest BCUT2D eigenvalue weighted by Gasteiger charge is -2.21. The van der Waals surface area contributed by atoms with Crippen LogP contribution in [0.15, 0.2) is 72.1 Å². The molecule has 2 heterocycles. The van der Waals surface area contributed by atoms with E-state index in [4.69, 9.17) is 0 Å². The second-order valence-corrected chi connectivity index (χ2v) is 8.35. The summed E-state index contributed by atoms with van der Waals surface area (Å²) in [6.07, 6.45) is 0.814. The molecule has 1 atom stereocenters. The number of carbonyl (C=O) groups excluding carboxylic acids is 3. The van der Waals surface area contributed by atoms with Gasteiger partial charge >= 0.3 is 6.03 Å². The molecule has 0 bridgehead atoms. The van der Waals surface area contributed by atoms with Crippen LogP contribution in [0.25, 0.3) is 0 Å². The standard InChI is InChI=1S/C24H23N3O3S/c1-2-17-10-12-18(13-11-17)25-22(28)15-21-23(29)27(19-7-4-3-5-8-19)24(30)26(21)16-20-9-6-14-31-20/h3-14,21H,2,15-16H2,1H3,(H,25,28)/t21-/m1/s1. The molecule has 0 spiro atoms. The average Bonchev–Trinajstić information content (AvgIpc) is 3.37. The first kappa shape index (κ1) is 20.8. The monoisotopic (exact) mass is 433 g/mol. The molecule has 0 aliphatic carbocycles. The van der Waals surface area contributed by atoms with Crippen molar-refractivity contribution in [1.82, 2.24) is 4.90 Å². The summed E-state index contributed by atoms with van der Waals surface area (Å²) in [6, 6.07) is 19.0. The maximum atomic E-state index is 13.2. The zero-order valence-corrected chi connectivity index (χ0v) is 18.0. The summed E-state index contributed by atoms with van der Waals surface area (Å²) in [5.41, 5.74) is 2.35. The van der Waals surface area contributed by atoms with Gasteiger partial charge in [0.25, 0.3) is 5.91 Å². The molecule has 158 valence electrons. The number of aryl methyl sites for hydroxylation is 1. The predicted octanol–water partition coefficient (Wildman–Crippen LogP) is 4.68. The van der Waals surface area contributed by atoms with Gasteiger partial charge < -0.3 is 10.2 Å². The van der Waals surface area contributed by atoms with Gasteiger partial charge in [0.15, 0.2) is 0 Å². The van der Waals surface area contributed by atoms with E-state index in [1.807, 2.05) is 47.8 Å². The summed E-state index contributed by atoms with van der Waals surface area (Å²) in [5, 5.41) is 4.77. The van der Waals surface area contributed by atoms with E-state index >= 15 is 0 Å². The average molecular weight is 434 g/mol. The Hall–Kier alpha value is -3.45. The number of urea groups is 1. The number of carbonyl (C=O) groups is 3. The molecule has 0 unspecified atom stereocenters. The Morgan fingerprint density at radius 3 is 2.39 bits per heavy atom. The molecule has 31 heavy (non-hydrogen) atoms. The number of thiophene rings is 1. The summed E-state index contributed by atoms with van der Waals surface area (Å²) in [4.78, 5) is 42.7. The number of nitrogens with zero attached hydrogens (tertiary/aromatic N) is 2. The third kappa shape index (κ3) is 4.51. The van der Waals surface area contributed by atoms with E-state index in [-0.39, 0.29) is 24.8 Å². The van der Waals surface area contributed by atoms with Gasteiger partial charge in [0.2, 0.25) is 5.91 Å². The third-order valence-electron chi connectivity index (χ3n) is 5.26. The zero-order chi connectivity index (χ0) is 21.8. The number of benzene rings is 2. The molecular formula is C24H23N3O3S. The Kier molecular flexibility index (Phi) is 6.13. The second-order valence-electron chi connectivity index (χ2n) is 7.32. The van der Waals surface area contributed by atoms with Crippen molar-refractivity contribution in [2.24, 2.45) is 0 Å². The Balaban J connectivity index is 1.55. The Morgan fingerprint density at radius 1 is 1.00 bits per heavy atom. The number of imide groups is 1. The number of para-hydroxylation sites is 1. The quantitative estimate of drug-likeness (QED) is 0.550. The number of rotatable bonds is 7. The zero-order valence-electron chi connectivity index (χ0n) is 17.2. The molecule has 0 radical (unpaired) electrons. The molecule has 7 heteroatoms. The lowest BCUT2D eigenvalue weighted by atomic mass is 10.1. The first-order chi connectivity index (χ1) is 15.1. The fourth-order valence-corrected chi connectivity index (χ4v) is 4.31. The van der Waals surface area contributed by atoms with Crippen LogP contribution in [0.5, 0.6) is 0 Å². The van der Waals surface area contributed by atoms with E-state index in [1.165, 1.54) is 26.7 Å². The molecule has 1 saturated heterocycles. The highest BCUT2D eigenvalue weighted by molar-refractivity contribution is 7.09. The van der Waals surface area contributed by atoms with Gasteiger partial charge in [0, 0.05) is 10.6 Å². The van der Waals surface area contributed by atoms with E-state index in [9.17, 15) is 14.4 Å². The highest BCUT2D eigenvalue weighted by Crippen LogP contribution is 2.29. The van der Waals surface area contributed by atoms with Crippen LogP contribution >= 0.6 is 11.3 Å². The van der Waals surface area contributed by atoms with Crippen LogP contribution in [-0.2, 0) is 22.6 Å². The molecule has 2 aromatic carbocycles. The van der Waals surface area contributed by atoms with E-state index in [0.29, 0.717) is 11.4 Å². The van der Waals surface area contributed by atoms with Crippen LogP contribution in [0, 0.1) is 0 Å². The molecule has 4 amide bonds. The Morgan fingerprint density at radius 2 is 1.74 bits per heavy atom. The Labute approximate surface area is 185 Å². The van der Waals surface area contributed by atoms with Crippen molar-refractivity contribution in [2.45, 2.75) is 32.4 Å². The maximum Gasteiger partial charge on any atom is 0.332 e. The molecule has 6 nitrogen and oxygen atoms in total. The van der Waals surface area contributed by atoms with Crippen molar-refractivity contribution in [3.63, 3.8) is 0 Å².